The predicted molar refractivity (Wildman–Crippen MR) is 99.0 cm³/mol. The topological polar surface area (TPSA) is 94.0 Å². The van der Waals surface area contributed by atoms with Gasteiger partial charge in [0.05, 0.1) is 34.2 Å². The van der Waals surface area contributed by atoms with Crippen LogP contribution < -0.4 is 5.32 Å². The Morgan fingerprint density at radius 2 is 2.12 bits per heavy atom. The minimum atomic E-state index is -3.09. The third-order valence-corrected chi connectivity index (χ3v) is 7.14. The van der Waals surface area contributed by atoms with Crippen molar-refractivity contribution in [1.82, 2.24) is 20.1 Å². The summed E-state index contributed by atoms with van der Waals surface area (Å²) in [5.74, 6) is 0.264. The Bertz CT molecular complexity index is 991. The molecule has 140 valence electrons. The van der Waals surface area contributed by atoms with Crippen LogP contribution in [0.4, 0.5) is 0 Å². The molecule has 2 fully saturated rings. The first kappa shape index (κ1) is 17.5. The Morgan fingerprint density at radius 3 is 2.69 bits per heavy atom. The van der Waals surface area contributed by atoms with Crippen molar-refractivity contribution in [1.29, 1.82) is 0 Å². The van der Waals surface area contributed by atoms with Crippen LogP contribution in [0.25, 0.3) is 11.0 Å². The molecule has 1 saturated heterocycles. The van der Waals surface area contributed by atoms with Crippen molar-refractivity contribution < 1.29 is 13.2 Å². The summed E-state index contributed by atoms with van der Waals surface area (Å²) in [7, 11) is -3.09. The van der Waals surface area contributed by atoms with E-state index in [4.69, 9.17) is 4.98 Å². The lowest BCUT2D eigenvalue weighted by Gasteiger charge is -2.24. The molecule has 1 aliphatic heterocycles. The third-order valence-electron chi connectivity index (χ3n) is 5.23. The lowest BCUT2D eigenvalue weighted by molar-refractivity contribution is 0.0917. The summed E-state index contributed by atoms with van der Waals surface area (Å²) in [6.07, 6.45) is 4.30. The van der Waals surface area contributed by atoms with E-state index in [1.165, 1.54) is 0 Å². The number of sulfone groups is 1. The van der Waals surface area contributed by atoms with Crippen molar-refractivity contribution in [3.8, 4) is 0 Å². The lowest BCUT2D eigenvalue weighted by atomic mass is 10.0. The zero-order chi connectivity index (χ0) is 18.7. The number of fused-ring (bicyclic) bond motifs is 1. The van der Waals surface area contributed by atoms with E-state index in [0.717, 1.165) is 24.2 Å². The molecule has 7 nitrogen and oxygen atoms in total. The van der Waals surface area contributed by atoms with Crippen LogP contribution in [0.15, 0.2) is 12.3 Å². The number of hydrogen-bond donors (Lipinski definition) is 1. The number of nitrogens with one attached hydrogen (secondary N) is 1. The molecule has 2 aromatic rings. The second-order valence-electron chi connectivity index (χ2n) is 8.15. The van der Waals surface area contributed by atoms with Gasteiger partial charge in [-0.15, -0.1) is 0 Å². The fourth-order valence-electron chi connectivity index (χ4n) is 3.64. The average Bonchev–Trinajstić information content (AvgIpc) is 3.24. The van der Waals surface area contributed by atoms with E-state index in [1.807, 2.05) is 24.6 Å². The molecule has 1 N–H and O–H groups in total. The largest absolute Gasteiger partial charge is 0.346 e. The number of aromatic nitrogens is 3. The maximum absolute atomic E-state index is 13.0. The molecule has 2 aliphatic rings. The van der Waals surface area contributed by atoms with Crippen LogP contribution in [-0.4, -0.2) is 46.1 Å². The highest BCUT2D eigenvalue weighted by Gasteiger charge is 2.40. The highest BCUT2D eigenvalue weighted by Crippen LogP contribution is 2.40. The molecule has 3 heterocycles. The second kappa shape index (κ2) is 5.77. The van der Waals surface area contributed by atoms with Gasteiger partial charge in [-0.3, -0.25) is 4.79 Å². The zero-order valence-corrected chi connectivity index (χ0v) is 16.1. The number of carbonyl (C=O) groups excluding carboxylic acids is 1. The molecule has 2 aromatic heterocycles. The molecule has 0 bridgehead atoms. The second-order valence-corrected chi connectivity index (χ2v) is 10.3. The van der Waals surface area contributed by atoms with Gasteiger partial charge in [0.25, 0.3) is 5.91 Å². The molecule has 1 unspecified atom stereocenters. The van der Waals surface area contributed by atoms with Gasteiger partial charge in [-0.1, -0.05) is 0 Å². The molecule has 26 heavy (non-hydrogen) atoms. The van der Waals surface area contributed by atoms with E-state index >= 15 is 0 Å². The summed E-state index contributed by atoms with van der Waals surface area (Å²) in [5, 5.41) is 8.08. The molecule has 0 radical (unpaired) electrons. The molecule has 1 atom stereocenters. The minimum absolute atomic E-state index is 0.0132. The van der Waals surface area contributed by atoms with E-state index in [1.54, 1.807) is 13.1 Å². The highest BCUT2D eigenvalue weighted by atomic mass is 32.2. The monoisotopic (exact) mass is 376 g/mol. The Hall–Kier alpha value is -1.96. The smallest absolute Gasteiger partial charge is 0.252 e. The first-order chi connectivity index (χ1) is 12.2. The number of pyridine rings is 1. The van der Waals surface area contributed by atoms with Crippen molar-refractivity contribution in [3.05, 3.63) is 23.5 Å². The van der Waals surface area contributed by atoms with Crippen LogP contribution in [-0.2, 0) is 9.84 Å². The summed E-state index contributed by atoms with van der Waals surface area (Å²) in [5.41, 5.74) is 1.46. The molecule has 0 aromatic carbocycles. The van der Waals surface area contributed by atoms with Crippen LogP contribution in [0.2, 0.25) is 0 Å². The summed E-state index contributed by atoms with van der Waals surface area (Å²) < 4.78 is 25.5. The van der Waals surface area contributed by atoms with Gasteiger partial charge in [0.15, 0.2) is 15.5 Å². The highest BCUT2D eigenvalue weighted by molar-refractivity contribution is 7.91. The van der Waals surface area contributed by atoms with Crippen LogP contribution in [0.5, 0.6) is 0 Å². The first-order valence-electron chi connectivity index (χ1n) is 9.09. The van der Waals surface area contributed by atoms with Crippen molar-refractivity contribution in [3.63, 3.8) is 0 Å². The maximum atomic E-state index is 13.0. The Labute approximate surface area is 153 Å². The van der Waals surface area contributed by atoms with Gasteiger partial charge in [0, 0.05) is 17.7 Å². The third kappa shape index (κ3) is 3.11. The van der Waals surface area contributed by atoms with Crippen LogP contribution >= 0.6 is 0 Å². The summed E-state index contributed by atoms with van der Waals surface area (Å²) in [4.78, 5) is 17.8. The van der Waals surface area contributed by atoms with Crippen molar-refractivity contribution in [2.24, 2.45) is 0 Å². The number of carbonyl (C=O) groups is 1. The molecule has 8 heteroatoms. The standard InChI is InChI=1S/C18H24N4O3S/c1-11(2)22-16-14(9-19-22)13(8-15(20-16)12-4-5-12)17(23)21-18(3)6-7-26(24,25)10-18/h8-9,11-12H,4-7,10H2,1-3H3,(H,21,23). The number of amides is 1. The summed E-state index contributed by atoms with van der Waals surface area (Å²) in [6.45, 7) is 5.86. The molecular formula is C18H24N4O3S. The molecule has 0 spiro atoms. The van der Waals surface area contributed by atoms with Crippen LogP contribution in [0, 0.1) is 0 Å². The molecule has 1 aliphatic carbocycles. The van der Waals surface area contributed by atoms with Gasteiger partial charge in [0.1, 0.15) is 0 Å². The number of nitrogens with zero attached hydrogens (tertiary/aromatic N) is 3. The van der Waals surface area contributed by atoms with E-state index in [9.17, 15) is 13.2 Å². The Kier molecular flexibility index (Phi) is 3.87. The Balaban J connectivity index is 1.74. The van der Waals surface area contributed by atoms with Crippen molar-refractivity contribution >= 4 is 26.8 Å². The Morgan fingerprint density at radius 1 is 1.38 bits per heavy atom. The van der Waals surface area contributed by atoms with Gasteiger partial charge in [-0.2, -0.15) is 5.10 Å². The summed E-state index contributed by atoms with van der Waals surface area (Å²) >= 11 is 0. The minimum Gasteiger partial charge on any atom is -0.346 e. The number of hydrogen-bond acceptors (Lipinski definition) is 5. The van der Waals surface area contributed by atoms with Crippen LogP contribution in [0.3, 0.4) is 0 Å². The van der Waals surface area contributed by atoms with E-state index in [2.05, 4.69) is 10.4 Å². The lowest BCUT2D eigenvalue weighted by Crippen LogP contribution is -2.47. The van der Waals surface area contributed by atoms with E-state index in [0.29, 0.717) is 23.3 Å². The van der Waals surface area contributed by atoms with Crippen molar-refractivity contribution in [2.75, 3.05) is 11.5 Å². The van der Waals surface area contributed by atoms with Gasteiger partial charge in [-0.05, 0) is 46.1 Å². The molecular weight excluding hydrogens is 352 g/mol. The summed E-state index contributed by atoms with van der Waals surface area (Å²) in [6, 6.07) is 2.00. The predicted octanol–water partition coefficient (Wildman–Crippen LogP) is 2.20. The van der Waals surface area contributed by atoms with Gasteiger partial charge in [0.2, 0.25) is 0 Å². The fraction of sp³-hybridized carbons (Fsp3) is 0.611. The zero-order valence-electron chi connectivity index (χ0n) is 15.3. The van der Waals surface area contributed by atoms with Crippen LogP contribution in [0.1, 0.15) is 68.0 Å². The maximum Gasteiger partial charge on any atom is 0.252 e. The molecule has 4 rings (SSSR count). The van der Waals surface area contributed by atoms with E-state index < -0.39 is 15.4 Å². The first-order valence-corrected chi connectivity index (χ1v) is 10.9. The number of rotatable bonds is 4. The SMILES string of the molecule is CC(C)n1ncc2c(C(=O)NC3(C)CCS(=O)(=O)C3)cc(C3CC3)nc21. The normalized spacial score (nSPS) is 25.1. The molecule has 1 saturated carbocycles. The average molecular weight is 376 g/mol. The van der Waals surface area contributed by atoms with E-state index in [-0.39, 0.29) is 23.5 Å². The molecule has 1 amide bonds. The van der Waals surface area contributed by atoms with Gasteiger partial charge < -0.3 is 5.32 Å². The van der Waals surface area contributed by atoms with Crippen molar-refractivity contribution in [2.45, 2.75) is 57.5 Å². The van der Waals surface area contributed by atoms with Gasteiger partial charge in [-0.25, -0.2) is 18.1 Å². The fourth-order valence-corrected chi connectivity index (χ4v) is 5.74. The van der Waals surface area contributed by atoms with Gasteiger partial charge >= 0.3 is 0 Å². The quantitative estimate of drug-likeness (QED) is 0.883.